The lowest BCUT2D eigenvalue weighted by Gasteiger charge is -2.28. The van der Waals surface area contributed by atoms with Gasteiger partial charge in [-0.3, -0.25) is 4.79 Å². The number of aromatic nitrogens is 1. The first-order valence-corrected chi connectivity index (χ1v) is 12.2. The Kier molecular flexibility index (Phi) is 7.24. The summed E-state index contributed by atoms with van der Waals surface area (Å²) in [5.74, 6) is 0.828. The van der Waals surface area contributed by atoms with E-state index >= 15 is 0 Å². The van der Waals surface area contributed by atoms with Crippen molar-refractivity contribution in [3.8, 4) is 11.5 Å². The van der Waals surface area contributed by atoms with Crippen LogP contribution >= 0.6 is 0 Å². The van der Waals surface area contributed by atoms with Gasteiger partial charge in [-0.2, -0.15) is 0 Å². The summed E-state index contributed by atoms with van der Waals surface area (Å²) < 4.78 is 11.7. The summed E-state index contributed by atoms with van der Waals surface area (Å²) in [4.78, 5) is 14.9. The topological polar surface area (TPSA) is 110 Å². The highest BCUT2D eigenvalue weighted by Gasteiger charge is 2.27. The van der Waals surface area contributed by atoms with E-state index in [2.05, 4.69) is 30.2 Å². The van der Waals surface area contributed by atoms with Crippen molar-refractivity contribution in [3.05, 3.63) is 72.3 Å². The highest BCUT2D eigenvalue weighted by Crippen LogP contribution is 2.33. The fraction of sp³-hybridized carbons (Fsp3) is 0.345. The number of para-hydroxylation sites is 1. The molecule has 0 saturated heterocycles. The number of carbonyl (C=O) groups is 1. The first kappa shape index (κ1) is 25.5. The molecule has 0 radical (unpaired) electrons. The van der Waals surface area contributed by atoms with E-state index in [1.165, 1.54) is 0 Å². The maximum Gasteiger partial charge on any atom is 0.261 e. The molecule has 0 bridgehead atoms. The average molecular weight is 490 g/mol. The predicted molar refractivity (Wildman–Crippen MR) is 143 cm³/mol. The molecule has 0 saturated carbocycles. The van der Waals surface area contributed by atoms with Crippen molar-refractivity contribution < 1.29 is 19.4 Å². The van der Waals surface area contributed by atoms with Crippen LogP contribution < -0.4 is 20.5 Å². The Morgan fingerprint density at radius 1 is 1.00 bits per heavy atom. The Morgan fingerprint density at radius 3 is 2.42 bits per heavy atom. The number of nitrogens with two attached hydrogens (primary N) is 1. The van der Waals surface area contributed by atoms with E-state index in [0.29, 0.717) is 12.3 Å². The van der Waals surface area contributed by atoms with Crippen LogP contribution in [0.2, 0.25) is 0 Å². The van der Waals surface area contributed by atoms with Crippen molar-refractivity contribution >= 4 is 27.7 Å². The number of β-amino-alcohol motifs (C(OH)–C–C–N with tert-alkyl or cyclic N) is 1. The number of aliphatic hydroxyl groups excluding tert-OH is 1. The van der Waals surface area contributed by atoms with Gasteiger partial charge in [-0.25, -0.2) is 0 Å². The van der Waals surface area contributed by atoms with Crippen LogP contribution in [0.3, 0.4) is 0 Å². The van der Waals surface area contributed by atoms with Gasteiger partial charge < -0.3 is 30.6 Å². The van der Waals surface area contributed by atoms with E-state index in [4.69, 9.17) is 15.2 Å². The number of hydrogen-bond acceptors (Lipinski definition) is 5. The van der Waals surface area contributed by atoms with Crippen LogP contribution in [0.5, 0.6) is 11.5 Å². The number of nitrogens with one attached hydrogen (secondary N) is 2. The molecule has 7 heteroatoms. The van der Waals surface area contributed by atoms with Crippen LogP contribution in [-0.4, -0.2) is 46.4 Å². The lowest BCUT2D eigenvalue weighted by Crippen LogP contribution is -2.46. The number of rotatable bonds is 11. The predicted octanol–water partition coefficient (Wildman–Crippen LogP) is 4.31. The molecule has 190 valence electrons. The lowest BCUT2D eigenvalue weighted by atomic mass is 9.94. The summed E-state index contributed by atoms with van der Waals surface area (Å²) in [6.45, 7) is 8.05. The van der Waals surface area contributed by atoms with Gasteiger partial charge in [0.25, 0.3) is 5.91 Å². The largest absolute Gasteiger partial charge is 0.490 e. The molecule has 1 atom stereocenters. The van der Waals surface area contributed by atoms with Gasteiger partial charge in [-0.05, 0) is 70.0 Å². The van der Waals surface area contributed by atoms with Gasteiger partial charge in [-0.15, -0.1) is 0 Å². The van der Waals surface area contributed by atoms with Crippen molar-refractivity contribution in [2.45, 2.75) is 51.4 Å². The second-order valence-corrected chi connectivity index (χ2v) is 10.4. The Morgan fingerprint density at radius 2 is 1.69 bits per heavy atom. The van der Waals surface area contributed by atoms with Gasteiger partial charge >= 0.3 is 0 Å². The lowest BCUT2D eigenvalue weighted by molar-refractivity contribution is -0.130. The van der Waals surface area contributed by atoms with E-state index in [1.807, 2.05) is 60.7 Å². The van der Waals surface area contributed by atoms with Gasteiger partial charge in [0.1, 0.15) is 24.2 Å². The molecule has 3 aromatic carbocycles. The summed E-state index contributed by atoms with van der Waals surface area (Å²) in [7, 11) is 0. The minimum absolute atomic E-state index is 0.184. The number of amides is 1. The van der Waals surface area contributed by atoms with Crippen LogP contribution in [0.4, 0.5) is 0 Å². The van der Waals surface area contributed by atoms with E-state index in [0.717, 1.165) is 39.5 Å². The molecule has 4 rings (SSSR count). The second kappa shape index (κ2) is 10.2. The Balaban J connectivity index is 1.31. The summed E-state index contributed by atoms with van der Waals surface area (Å²) in [6, 6.07) is 21.7. The quantitative estimate of drug-likeness (QED) is 0.251. The van der Waals surface area contributed by atoms with Gasteiger partial charge in [0.2, 0.25) is 0 Å². The van der Waals surface area contributed by atoms with Crippen LogP contribution in [0.1, 0.15) is 33.3 Å². The minimum atomic E-state index is -1.07. The third-order valence-corrected chi connectivity index (χ3v) is 6.28. The van der Waals surface area contributed by atoms with Crippen LogP contribution in [0, 0.1) is 0 Å². The number of fused-ring (bicyclic) bond motifs is 3. The van der Waals surface area contributed by atoms with Crippen molar-refractivity contribution in [2.24, 2.45) is 5.73 Å². The number of carbonyl (C=O) groups excluding carboxylic acids is 1. The summed E-state index contributed by atoms with van der Waals surface area (Å²) in [5, 5.41) is 16.2. The van der Waals surface area contributed by atoms with E-state index < -0.39 is 17.6 Å². The van der Waals surface area contributed by atoms with Gasteiger partial charge in [0.05, 0.1) is 5.52 Å². The van der Waals surface area contributed by atoms with Crippen molar-refractivity contribution in [2.75, 3.05) is 13.2 Å². The zero-order valence-corrected chi connectivity index (χ0v) is 21.3. The van der Waals surface area contributed by atoms with Crippen LogP contribution in [0.25, 0.3) is 21.8 Å². The monoisotopic (exact) mass is 489 g/mol. The molecule has 7 nitrogen and oxygen atoms in total. The molecule has 1 amide bonds. The Hall–Kier alpha value is -3.55. The molecule has 0 aliphatic heterocycles. The SMILES string of the molecule is CC(C)(Cc1ccc(OC(C)(C)C(N)=O)cc1)NCC(O)COc1cccc2[nH]c3ccccc3c12. The molecule has 1 aromatic heterocycles. The van der Waals surface area contributed by atoms with Gasteiger partial charge in [-0.1, -0.05) is 36.4 Å². The molecule has 0 aliphatic rings. The number of benzene rings is 3. The Bertz CT molecular complexity index is 1340. The van der Waals surface area contributed by atoms with Crippen molar-refractivity contribution in [1.29, 1.82) is 0 Å². The first-order valence-electron chi connectivity index (χ1n) is 12.2. The molecular weight excluding hydrogens is 454 g/mol. The number of hydrogen-bond donors (Lipinski definition) is 4. The van der Waals surface area contributed by atoms with Crippen molar-refractivity contribution in [1.82, 2.24) is 10.3 Å². The maximum absolute atomic E-state index is 11.5. The number of H-pyrrole nitrogens is 1. The van der Waals surface area contributed by atoms with Gasteiger partial charge in [0.15, 0.2) is 5.60 Å². The third kappa shape index (κ3) is 5.98. The molecule has 4 aromatic rings. The highest BCUT2D eigenvalue weighted by atomic mass is 16.5. The van der Waals surface area contributed by atoms with E-state index in [-0.39, 0.29) is 12.1 Å². The average Bonchev–Trinajstić information content (AvgIpc) is 3.21. The molecular formula is C29H35N3O4. The first-order chi connectivity index (χ1) is 17.0. The van der Waals surface area contributed by atoms with Crippen LogP contribution in [-0.2, 0) is 11.2 Å². The molecule has 36 heavy (non-hydrogen) atoms. The molecule has 0 aliphatic carbocycles. The Labute approximate surface area is 211 Å². The standard InChI is InChI=1S/C29H35N3O4/c1-28(2,16-19-12-14-21(15-13-19)36-29(3,4)27(30)34)31-17-20(33)18-35-25-11-7-10-24-26(25)22-8-5-6-9-23(22)32-24/h5-15,20,31-33H,16-18H2,1-4H3,(H2,30,34). The van der Waals surface area contributed by atoms with Crippen molar-refractivity contribution in [3.63, 3.8) is 0 Å². The fourth-order valence-electron chi connectivity index (χ4n) is 4.22. The van der Waals surface area contributed by atoms with E-state index in [1.54, 1.807) is 13.8 Å². The molecule has 1 unspecified atom stereocenters. The zero-order valence-electron chi connectivity index (χ0n) is 21.3. The highest BCUT2D eigenvalue weighted by molar-refractivity contribution is 6.10. The minimum Gasteiger partial charge on any atom is -0.490 e. The fourth-order valence-corrected chi connectivity index (χ4v) is 4.22. The number of primary amides is 1. The summed E-state index contributed by atoms with van der Waals surface area (Å²) in [5.41, 5.74) is 7.23. The molecule has 0 spiro atoms. The zero-order chi connectivity index (χ0) is 25.9. The maximum atomic E-state index is 11.5. The van der Waals surface area contributed by atoms with Gasteiger partial charge in [0, 0.05) is 28.4 Å². The summed E-state index contributed by atoms with van der Waals surface area (Å²) in [6.07, 6.45) is 0.0749. The third-order valence-electron chi connectivity index (χ3n) is 6.28. The van der Waals surface area contributed by atoms with Crippen LogP contribution in [0.15, 0.2) is 66.7 Å². The second-order valence-electron chi connectivity index (χ2n) is 10.4. The smallest absolute Gasteiger partial charge is 0.261 e. The number of aliphatic hydroxyl groups is 1. The summed E-state index contributed by atoms with van der Waals surface area (Å²) >= 11 is 0. The molecule has 0 fully saturated rings. The number of ether oxygens (including phenoxy) is 2. The molecule has 5 N–H and O–H groups in total. The normalized spacial score (nSPS) is 13.1. The van der Waals surface area contributed by atoms with E-state index in [9.17, 15) is 9.90 Å². The number of aromatic amines is 1. The molecule has 1 heterocycles.